The molecule has 0 bridgehead atoms. The molecule has 0 aromatic heterocycles. The summed E-state index contributed by atoms with van der Waals surface area (Å²) in [6, 6.07) is 10.1. The van der Waals surface area contributed by atoms with Crippen molar-refractivity contribution in [1.29, 1.82) is 0 Å². The zero-order valence-corrected chi connectivity index (χ0v) is 9.50. The van der Waals surface area contributed by atoms with E-state index in [1.54, 1.807) is 11.8 Å². The number of benzene rings is 1. The van der Waals surface area contributed by atoms with E-state index in [-0.39, 0.29) is 5.91 Å². The molecule has 1 aliphatic rings. The lowest BCUT2D eigenvalue weighted by molar-refractivity contribution is -0.127. The Morgan fingerprint density at radius 2 is 1.87 bits per heavy atom. The molecule has 1 heterocycles. The molecule has 1 aromatic carbocycles. The summed E-state index contributed by atoms with van der Waals surface area (Å²) < 4.78 is 0. The van der Waals surface area contributed by atoms with Gasteiger partial charge in [-0.3, -0.25) is 4.79 Å². The predicted octanol–water partition coefficient (Wildman–Crippen LogP) is 2.40. The molecule has 2 rings (SSSR count). The fraction of sp³-hybridized carbons (Fsp3) is 0.417. The van der Waals surface area contributed by atoms with Crippen molar-refractivity contribution in [2.45, 2.75) is 17.7 Å². The van der Waals surface area contributed by atoms with Crippen molar-refractivity contribution in [2.24, 2.45) is 0 Å². The first-order chi connectivity index (χ1) is 7.36. The number of likely N-dealkylation sites (tertiary alicyclic amines) is 1. The summed E-state index contributed by atoms with van der Waals surface area (Å²) in [4.78, 5) is 14.9. The van der Waals surface area contributed by atoms with Gasteiger partial charge in [0.1, 0.15) is 0 Å². The molecule has 1 aromatic rings. The summed E-state index contributed by atoms with van der Waals surface area (Å²) in [5.74, 6) is 0.852. The molecule has 1 saturated heterocycles. The second kappa shape index (κ2) is 5.21. The van der Waals surface area contributed by atoms with Gasteiger partial charge in [0.25, 0.3) is 0 Å². The number of hydrogen-bond acceptors (Lipinski definition) is 2. The quantitative estimate of drug-likeness (QED) is 0.730. The molecule has 1 fully saturated rings. The molecule has 0 aliphatic carbocycles. The summed E-state index contributed by atoms with van der Waals surface area (Å²) >= 11 is 1.62. The van der Waals surface area contributed by atoms with Crippen molar-refractivity contribution in [1.82, 2.24) is 4.90 Å². The Hall–Kier alpha value is -0.960. The van der Waals surface area contributed by atoms with Crippen LogP contribution in [-0.4, -0.2) is 29.6 Å². The Morgan fingerprint density at radius 3 is 2.53 bits per heavy atom. The van der Waals surface area contributed by atoms with Crippen molar-refractivity contribution < 1.29 is 4.79 Å². The first-order valence-corrected chi connectivity index (χ1v) is 6.30. The van der Waals surface area contributed by atoms with Gasteiger partial charge >= 0.3 is 0 Å². The van der Waals surface area contributed by atoms with Crippen LogP contribution in [0.4, 0.5) is 0 Å². The van der Waals surface area contributed by atoms with Crippen LogP contribution in [0.2, 0.25) is 0 Å². The summed E-state index contributed by atoms with van der Waals surface area (Å²) in [7, 11) is 0. The maximum absolute atomic E-state index is 11.7. The van der Waals surface area contributed by atoms with Crippen LogP contribution in [0.15, 0.2) is 35.2 Å². The van der Waals surface area contributed by atoms with E-state index in [1.165, 1.54) is 17.7 Å². The fourth-order valence-electron chi connectivity index (χ4n) is 1.72. The Balaban J connectivity index is 1.80. The maximum Gasteiger partial charge on any atom is 0.232 e. The molecule has 0 radical (unpaired) electrons. The van der Waals surface area contributed by atoms with Crippen LogP contribution in [0.25, 0.3) is 0 Å². The van der Waals surface area contributed by atoms with E-state index in [0.717, 1.165) is 13.1 Å². The molecule has 0 unspecified atom stereocenters. The summed E-state index contributed by atoms with van der Waals surface area (Å²) in [6.45, 7) is 1.91. The summed E-state index contributed by atoms with van der Waals surface area (Å²) in [6.07, 6.45) is 2.34. The van der Waals surface area contributed by atoms with E-state index in [0.29, 0.717) is 5.75 Å². The van der Waals surface area contributed by atoms with Crippen LogP contribution in [0.5, 0.6) is 0 Å². The van der Waals surface area contributed by atoms with Crippen LogP contribution in [-0.2, 0) is 4.79 Å². The van der Waals surface area contributed by atoms with Gasteiger partial charge in [0.2, 0.25) is 5.91 Å². The Labute approximate surface area is 94.7 Å². The van der Waals surface area contributed by atoms with Crippen molar-refractivity contribution in [3.63, 3.8) is 0 Å². The third kappa shape index (κ3) is 2.99. The normalized spacial score (nSPS) is 15.6. The molecular formula is C12H15NOS. The van der Waals surface area contributed by atoms with Crippen molar-refractivity contribution in [3.05, 3.63) is 30.3 Å². The van der Waals surface area contributed by atoms with Gasteiger partial charge in [0.15, 0.2) is 0 Å². The van der Waals surface area contributed by atoms with Crippen molar-refractivity contribution in [3.8, 4) is 0 Å². The average Bonchev–Trinajstić information content (AvgIpc) is 2.81. The number of carbonyl (C=O) groups is 1. The number of carbonyl (C=O) groups excluding carboxylic acids is 1. The first-order valence-electron chi connectivity index (χ1n) is 5.32. The minimum atomic E-state index is 0.279. The molecule has 1 aliphatic heterocycles. The Morgan fingerprint density at radius 1 is 1.20 bits per heavy atom. The van der Waals surface area contributed by atoms with Crippen LogP contribution < -0.4 is 0 Å². The largest absolute Gasteiger partial charge is 0.342 e. The lowest BCUT2D eigenvalue weighted by Gasteiger charge is -2.14. The highest BCUT2D eigenvalue weighted by Crippen LogP contribution is 2.18. The molecule has 0 atom stereocenters. The van der Waals surface area contributed by atoms with Crippen LogP contribution in [0.3, 0.4) is 0 Å². The van der Waals surface area contributed by atoms with Gasteiger partial charge in [0, 0.05) is 18.0 Å². The monoisotopic (exact) mass is 221 g/mol. The van der Waals surface area contributed by atoms with Crippen LogP contribution in [0.1, 0.15) is 12.8 Å². The van der Waals surface area contributed by atoms with Gasteiger partial charge in [-0.25, -0.2) is 0 Å². The number of rotatable bonds is 3. The zero-order valence-electron chi connectivity index (χ0n) is 8.69. The highest BCUT2D eigenvalue weighted by atomic mass is 32.2. The molecule has 0 spiro atoms. The smallest absolute Gasteiger partial charge is 0.232 e. The molecular weight excluding hydrogens is 206 g/mol. The van der Waals surface area contributed by atoms with E-state index >= 15 is 0 Å². The van der Waals surface area contributed by atoms with Gasteiger partial charge < -0.3 is 4.90 Å². The summed E-state index contributed by atoms with van der Waals surface area (Å²) in [5.41, 5.74) is 0. The third-order valence-electron chi connectivity index (χ3n) is 2.56. The molecule has 2 nitrogen and oxygen atoms in total. The fourth-order valence-corrected chi connectivity index (χ4v) is 2.54. The highest BCUT2D eigenvalue weighted by Gasteiger charge is 2.17. The van der Waals surface area contributed by atoms with Gasteiger partial charge in [-0.15, -0.1) is 11.8 Å². The van der Waals surface area contributed by atoms with Crippen LogP contribution >= 0.6 is 11.8 Å². The van der Waals surface area contributed by atoms with Gasteiger partial charge in [-0.1, -0.05) is 18.2 Å². The lowest BCUT2D eigenvalue weighted by atomic mass is 10.4. The van der Waals surface area contributed by atoms with Crippen molar-refractivity contribution >= 4 is 17.7 Å². The SMILES string of the molecule is O=C(CSc1ccccc1)N1CCCC1. The Kier molecular flexibility index (Phi) is 3.67. The number of hydrogen-bond donors (Lipinski definition) is 0. The second-order valence-electron chi connectivity index (χ2n) is 3.69. The molecule has 1 amide bonds. The molecule has 0 saturated carbocycles. The second-order valence-corrected chi connectivity index (χ2v) is 4.74. The van der Waals surface area contributed by atoms with E-state index < -0.39 is 0 Å². The van der Waals surface area contributed by atoms with Crippen molar-refractivity contribution in [2.75, 3.05) is 18.8 Å². The molecule has 15 heavy (non-hydrogen) atoms. The molecule has 80 valence electrons. The lowest BCUT2D eigenvalue weighted by Crippen LogP contribution is -2.29. The number of amides is 1. The van der Waals surface area contributed by atoms with E-state index in [2.05, 4.69) is 0 Å². The van der Waals surface area contributed by atoms with E-state index in [9.17, 15) is 4.79 Å². The minimum absolute atomic E-state index is 0.279. The Bertz CT molecular complexity index is 320. The van der Waals surface area contributed by atoms with Gasteiger partial charge in [0.05, 0.1) is 5.75 Å². The van der Waals surface area contributed by atoms with Crippen LogP contribution in [0, 0.1) is 0 Å². The summed E-state index contributed by atoms with van der Waals surface area (Å²) in [5, 5.41) is 0. The maximum atomic E-state index is 11.7. The third-order valence-corrected chi connectivity index (χ3v) is 3.56. The topological polar surface area (TPSA) is 20.3 Å². The number of nitrogens with zero attached hydrogens (tertiary/aromatic N) is 1. The standard InChI is InChI=1S/C12H15NOS/c14-12(13-8-4-5-9-13)10-15-11-6-2-1-3-7-11/h1-3,6-7H,4-5,8-10H2. The number of thioether (sulfide) groups is 1. The van der Waals surface area contributed by atoms with E-state index in [1.807, 2.05) is 35.2 Å². The average molecular weight is 221 g/mol. The predicted molar refractivity (Wildman–Crippen MR) is 63.0 cm³/mol. The first kappa shape index (κ1) is 10.6. The van der Waals surface area contributed by atoms with Gasteiger partial charge in [-0.2, -0.15) is 0 Å². The minimum Gasteiger partial charge on any atom is -0.342 e. The van der Waals surface area contributed by atoms with E-state index in [4.69, 9.17) is 0 Å². The van der Waals surface area contributed by atoms with Gasteiger partial charge in [-0.05, 0) is 25.0 Å². The highest BCUT2D eigenvalue weighted by molar-refractivity contribution is 8.00. The molecule has 0 N–H and O–H groups in total. The molecule has 3 heteroatoms. The zero-order chi connectivity index (χ0) is 10.5.